The van der Waals surface area contributed by atoms with E-state index in [-0.39, 0.29) is 11.8 Å². The Morgan fingerprint density at radius 1 is 0.926 bits per heavy atom. The Kier molecular flexibility index (Phi) is 4.70. The van der Waals surface area contributed by atoms with Crippen molar-refractivity contribution in [3.63, 3.8) is 0 Å². The molecule has 0 aliphatic rings. The Morgan fingerprint density at radius 3 is 2.41 bits per heavy atom. The van der Waals surface area contributed by atoms with Crippen LogP contribution in [0.1, 0.15) is 25.0 Å². The first-order valence-electron chi connectivity index (χ1n) is 8.22. The van der Waals surface area contributed by atoms with Crippen LogP contribution in [0.15, 0.2) is 60.0 Å². The highest BCUT2D eigenvalue weighted by molar-refractivity contribution is 7.18. The second-order valence-electron chi connectivity index (χ2n) is 5.88. The summed E-state index contributed by atoms with van der Waals surface area (Å²) < 4.78 is 1.04. The second-order valence-corrected chi connectivity index (χ2v) is 8.06. The lowest BCUT2D eigenvalue weighted by molar-refractivity contribution is 0.102. The Labute approximate surface area is 163 Å². The number of rotatable bonds is 4. The molecule has 0 bridgehead atoms. The molecule has 2 aromatic heterocycles. The van der Waals surface area contributed by atoms with E-state index in [0.717, 1.165) is 20.9 Å². The zero-order valence-corrected chi connectivity index (χ0v) is 16.0. The molecule has 2 N–H and O–H groups in total. The summed E-state index contributed by atoms with van der Waals surface area (Å²) in [5.74, 6) is -0.359. The molecule has 134 valence electrons. The number of fused-ring (bicyclic) bond motifs is 1. The monoisotopic (exact) mass is 393 g/mol. The van der Waals surface area contributed by atoms with Gasteiger partial charge in [-0.05, 0) is 60.8 Å². The van der Waals surface area contributed by atoms with Crippen molar-refractivity contribution in [1.82, 2.24) is 4.98 Å². The van der Waals surface area contributed by atoms with Crippen LogP contribution in [0, 0.1) is 6.92 Å². The number of aromatic nitrogens is 1. The van der Waals surface area contributed by atoms with Crippen LogP contribution in [-0.4, -0.2) is 16.8 Å². The quantitative estimate of drug-likeness (QED) is 0.502. The largest absolute Gasteiger partial charge is 0.322 e. The number of carbonyl (C=O) groups is 2. The fourth-order valence-electron chi connectivity index (χ4n) is 2.63. The van der Waals surface area contributed by atoms with Gasteiger partial charge in [0.2, 0.25) is 0 Å². The summed E-state index contributed by atoms with van der Waals surface area (Å²) in [5, 5.41) is 8.56. The molecule has 0 atom stereocenters. The van der Waals surface area contributed by atoms with Crippen LogP contribution in [0.25, 0.3) is 10.2 Å². The van der Waals surface area contributed by atoms with Crippen molar-refractivity contribution in [2.24, 2.45) is 0 Å². The molecule has 0 fully saturated rings. The van der Waals surface area contributed by atoms with Gasteiger partial charge < -0.3 is 10.6 Å². The molecule has 2 amide bonds. The molecule has 2 aromatic carbocycles. The van der Waals surface area contributed by atoms with E-state index in [9.17, 15) is 9.59 Å². The van der Waals surface area contributed by atoms with Crippen molar-refractivity contribution in [2.45, 2.75) is 6.92 Å². The molecule has 0 saturated carbocycles. The zero-order valence-electron chi connectivity index (χ0n) is 14.4. The molecule has 4 aromatic rings. The maximum absolute atomic E-state index is 12.5. The normalized spacial score (nSPS) is 10.7. The molecule has 4 rings (SSSR count). The first-order chi connectivity index (χ1) is 13.1. The number of nitrogens with one attached hydrogen (secondary N) is 2. The van der Waals surface area contributed by atoms with E-state index in [1.807, 2.05) is 36.6 Å². The molecule has 0 saturated heterocycles. The van der Waals surface area contributed by atoms with Crippen molar-refractivity contribution in [3.8, 4) is 0 Å². The van der Waals surface area contributed by atoms with Gasteiger partial charge in [0.1, 0.15) is 0 Å². The first-order valence-corrected chi connectivity index (χ1v) is 9.91. The van der Waals surface area contributed by atoms with E-state index in [1.54, 1.807) is 41.7 Å². The van der Waals surface area contributed by atoms with Gasteiger partial charge >= 0.3 is 0 Å². The minimum absolute atomic E-state index is 0.157. The maximum atomic E-state index is 12.5. The molecule has 0 unspecified atom stereocenters. The summed E-state index contributed by atoms with van der Waals surface area (Å²) >= 11 is 2.98. The van der Waals surface area contributed by atoms with Crippen LogP contribution in [0.5, 0.6) is 0 Å². The first kappa shape index (κ1) is 17.4. The van der Waals surface area contributed by atoms with Crippen molar-refractivity contribution in [2.75, 3.05) is 10.6 Å². The fourth-order valence-corrected chi connectivity index (χ4v) is 4.11. The smallest absolute Gasteiger partial charge is 0.265 e. The van der Waals surface area contributed by atoms with Crippen molar-refractivity contribution in [1.29, 1.82) is 0 Å². The summed E-state index contributed by atoms with van der Waals surface area (Å²) in [5.41, 5.74) is 2.82. The van der Waals surface area contributed by atoms with E-state index < -0.39 is 0 Å². The van der Waals surface area contributed by atoms with Gasteiger partial charge in [0.25, 0.3) is 11.8 Å². The number of aryl methyl sites for hydroxylation is 1. The number of thiophene rings is 1. The van der Waals surface area contributed by atoms with Gasteiger partial charge in [-0.3, -0.25) is 9.59 Å². The Balaban J connectivity index is 1.44. The third-order valence-corrected chi connectivity index (χ3v) is 5.71. The van der Waals surface area contributed by atoms with Gasteiger partial charge in [-0.1, -0.05) is 6.07 Å². The number of amides is 2. The van der Waals surface area contributed by atoms with Crippen molar-refractivity contribution < 1.29 is 9.59 Å². The zero-order chi connectivity index (χ0) is 18.8. The van der Waals surface area contributed by atoms with Crippen LogP contribution >= 0.6 is 22.7 Å². The topological polar surface area (TPSA) is 71.1 Å². The molecule has 5 nitrogen and oxygen atoms in total. The number of anilines is 2. The lowest BCUT2D eigenvalue weighted by Gasteiger charge is -2.07. The van der Waals surface area contributed by atoms with Gasteiger partial charge in [-0.25, -0.2) is 4.98 Å². The van der Waals surface area contributed by atoms with Crippen molar-refractivity contribution in [3.05, 3.63) is 75.4 Å². The third kappa shape index (κ3) is 3.89. The second kappa shape index (κ2) is 7.30. The molecular formula is C20H15N3O2S2. The number of benzene rings is 2. The van der Waals surface area contributed by atoms with Crippen LogP contribution in [-0.2, 0) is 0 Å². The predicted octanol–water partition coefficient (Wildman–Crippen LogP) is 5.17. The Hall–Kier alpha value is -3.03. The molecule has 0 aliphatic carbocycles. The summed E-state index contributed by atoms with van der Waals surface area (Å²) in [7, 11) is 0. The standard InChI is InChI=1S/C20H15N3O2S2/c1-12-21-16-9-8-15(11-18(16)27-12)23-19(24)13-4-6-14(7-5-13)22-20(25)17-3-2-10-26-17/h2-11H,1H3,(H,22,25)(H,23,24). The lowest BCUT2D eigenvalue weighted by atomic mass is 10.2. The number of hydrogen-bond acceptors (Lipinski definition) is 5. The molecule has 0 aliphatic heterocycles. The van der Waals surface area contributed by atoms with E-state index in [0.29, 0.717) is 16.1 Å². The summed E-state index contributed by atoms with van der Waals surface area (Å²) in [4.78, 5) is 29.6. The number of thiazole rings is 1. The third-order valence-electron chi connectivity index (χ3n) is 3.90. The minimum Gasteiger partial charge on any atom is -0.322 e. The van der Waals surface area contributed by atoms with Crippen LogP contribution in [0.2, 0.25) is 0 Å². The van der Waals surface area contributed by atoms with Gasteiger partial charge in [0.15, 0.2) is 0 Å². The molecule has 27 heavy (non-hydrogen) atoms. The summed E-state index contributed by atoms with van der Waals surface area (Å²) in [6.07, 6.45) is 0. The number of nitrogens with zero attached hydrogens (tertiary/aromatic N) is 1. The molecule has 0 spiro atoms. The van der Waals surface area contributed by atoms with E-state index in [1.165, 1.54) is 11.3 Å². The van der Waals surface area contributed by atoms with Gasteiger partial charge in [0, 0.05) is 16.9 Å². The average Bonchev–Trinajstić information content (AvgIpc) is 3.30. The Morgan fingerprint density at radius 2 is 1.67 bits per heavy atom. The average molecular weight is 393 g/mol. The molecule has 7 heteroatoms. The van der Waals surface area contributed by atoms with E-state index in [2.05, 4.69) is 15.6 Å². The fraction of sp³-hybridized carbons (Fsp3) is 0.0500. The molecular weight excluding hydrogens is 378 g/mol. The number of carbonyl (C=O) groups excluding carboxylic acids is 2. The summed E-state index contributed by atoms with van der Waals surface area (Å²) in [6.45, 7) is 1.96. The minimum atomic E-state index is -0.202. The van der Waals surface area contributed by atoms with E-state index in [4.69, 9.17) is 0 Å². The molecule has 2 heterocycles. The van der Waals surface area contributed by atoms with Gasteiger partial charge in [-0.2, -0.15) is 0 Å². The van der Waals surface area contributed by atoms with Gasteiger partial charge in [-0.15, -0.1) is 22.7 Å². The lowest BCUT2D eigenvalue weighted by Crippen LogP contribution is -2.13. The SMILES string of the molecule is Cc1nc2ccc(NC(=O)c3ccc(NC(=O)c4cccs4)cc3)cc2s1. The summed E-state index contributed by atoms with van der Waals surface area (Å²) in [6, 6.07) is 16.1. The van der Waals surface area contributed by atoms with Crippen LogP contribution in [0.3, 0.4) is 0 Å². The van der Waals surface area contributed by atoms with Crippen LogP contribution < -0.4 is 10.6 Å². The van der Waals surface area contributed by atoms with Gasteiger partial charge in [0.05, 0.1) is 20.1 Å². The highest BCUT2D eigenvalue weighted by atomic mass is 32.1. The highest BCUT2D eigenvalue weighted by Gasteiger charge is 2.10. The highest BCUT2D eigenvalue weighted by Crippen LogP contribution is 2.25. The maximum Gasteiger partial charge on any atom is 0.265 e. The predicted molar refractivity (Wildman–Crippen MR) is 111 cm³/mol. The number of hydrogen-bond donors (Lipinski definition) is 2. The Bertz CT molecular complexity index is 1120. The van der Waals surface area contributed by atoms with Crippen molar-refractivity contribution >= 4 is 56.1 Å². The van der Waals surface area contributed by atoms with E-state index >= 15 is 0 Å². The molecule has 0 radical (unpaired) electrons. The van der Waals surface area contributed by atoms with Crippen LogP contribution in [0.4, 0.5) is 11.4 Å².